The van der Waals surface area contributed by atoms with Gasteiger partial charge in [0.15, 0.2) is 11.0 Å². The van der Waals surface area contributed by atoms with Crippen LogP contribution >= 0.6 is 11.8 Å². The lowest BCUT2D eigenvalue weighted by Crippen LogP contribution is -2.29. The number of nitrogens with zero attached hydrogens (tertiary/aromatic N) is 4. The van der Waals surface area contributed by atoms with Crippen molar-refractivity contribution in [3.63, 3.8) is 0 Å². The number of hydrogen-bond donors (Lipinski definition) is 2. The van der Waals surface area contributed by atoms with E-state index >= 15 is 0 Å². The maximum Gasteiger partial charge on any atom is 0.271 e. The van der Waals surface area contributed by atoms with Crippen molar-refractivity contribution in [1.29, 1.82) is 0 Å². The zero-order valence-corrected chi connectivity index (χ0v) is 21.5. The second-order valence-electron chi connectivity index (χ2n) is 8.01. The number of nitro benzene ring substituents is 1. The summed E-state index contributed by atoms with van der Waals surface area (Å²) >= 11 is 1.21. The SMILES string of the molecule is CCn1c(SC(C)C(=O)Nc2cc([N+](=O)[O-])ccc2C)nnc1C(C)NC(=O)c1ccc(OC)cc1. The van der Waals surface area contributed by atoms with Gasteiger partial charge in [0.1, 0.15) is 5.75 Å². The Balaban J connectivity index is 1.69. The lowest BCUT2D eigenvalue weighted by Gasteiger charge is -2.16. The number of non-ortho nitro benzene ring substituents is 1. The van der Waals surface area contributed by atoms with E-state index < -0.39 is 16.2 Å². The summed E-state index contributed by atoms with van der Waals surface area (Å²) in [6.45, 7) is 7.75. The lowest BCUT2D eigenvalue weighted by molar-refractivity contribution is -0.384. The zero-order chi connectivity index (χ0) is 26.4. The predicted octanol–water partition coefficient (Wildman–Crippen LogP) is 4.13. The van der Waals surface area contributed by atoms with Gasteiger partial charge in [-0.25, -0.2) is 0 Å². The van der Waals surface area contributed by atoms with Gasteiger partial charge in [-0.05, 0) is 57.5 Å². The van der Waals surface area contributed by atoms with Gasteiger partial charge < -0.3 is 19.9 Å². The first-order valence-corrected chi connectivity index (χ1v) is 12.1. The lowest BCUT2D eigenvalue weighted by atomic mass is 10.2. The number of amides is 2. The van der Waals surface area contributed by atoms with Crippen LogP contribution in [0.5, 0.6) is 5.75 Å². The van der Waals surface area contributed by atoms with E-state index in [9.17, 15) is 19.7 Å². The number of aromatic nitrogens is 3. The van der Waals surface area contributed by atoms with Crippen LogP contribution < -0.4 is 15.4 Å². The molecule has 0 fully saturated rings. The number of thioether (sulfide) groups is 1. The molecule has 190 valence electrons. The Morgan fingerprint density at radius 2 is 1.86 bits per heavy atom. The molecule has 3 rings (SSSR count). The molecule has 1 aromatic heterocycles. The first-order chi connectivity index (χ1) is 17.1. The van der Waals surface area contributed by atoms with Crippen molar-refractivity contribution in [3.05, 3.63) is 69.5 Å². The van der Waals surface area contributed by atoms with Crippen molar-refractivity contribution in [2.75, 3.05) is 12.4 Å². The number of carbonyl (C=O) groups is 2. The molecule has 1 heterocycles. The molecule has 36 heavy (non-hydrogen) atoms. The first-order valence-electron chi connectivity index (χ1n) is 11.2. The summed E-state index contributed by atoms with van der Waals surface area (Å²) in [5, 5.41) is 25.2. The molecule has 2 amide bonds. The van der Waals surface area contributed by atoms with Gasteiger partial charge in [0.2, 0.25) is 5.91 Å². The average Bonchev–Trinajstić information content (AvgIpc) is 3.27. The second-order valence-corrected chi connectivity index (χ2v) is 9.32. The van der Waals surface area contributed by atoms with E-state index in [1.165, 1.54) is 23.9 Å². The van der Waals surface area contributed by atoms with E-state index in [0.717, 1.165) is 0 Å². The third-order valence-electron chi connectivity index (χ3n) is 5.49. The molecule has 0 aliphatic carbocycles. The molecule has 0 aliphatic heterocycles. The van der Waals surface area contributed by atoms with E-state index in [1.54, 1.807) is 51.3 Å². The maximum absolute atomic E-state index is 12.8. The Labute approximate surface area is 212 Å². The van der Waals surface area contributed by atoms with Crippen molar-refractivity contribution in [2.45, 2.75) is 50.7 Å². The second kappa shape index (κ2) is 11.7. The van der Waals surface area contributed by atoms with Crippen LogP contribution in [-0.2, 0) is 11.3 Å². The van der Waals surface area contributed by atoms with E-state index in [2.05, 4.69) is 20.8 Å². The highest BCUT2D eigenvalue weighted by atomic mass is 32.2. The Morgan fingerprint density at radius 1 is 1.17 bits per heavy atom. The minimum Gasteiger partial charge on any atom is -0.497 e. The number of hydrogen-bond acceptors (Lipinski definition) is 8. The summed E-state index contributed by atoms with van der Waals surface area (Å²) in [7, 11) is 1.56. The number of nitrogens with one attached hydrogen (secondary N) is 2. The Hall–Kier alpha value is -3.93. The number of rotatable bonds is 10. The number of aryl methyl sites for hydroxylation is 1. The van der Waals surface area contributed by atoms with E-state index in [1.807, 2.05) is 18.4 Å². The minimum absolute atomic E-state index is 0.0998. The molecule has 2 N–H and O–H groups in total. The molecule has 0 bridgehead atoms. The highest BCUT2D eigenvalue weighted by molar-refractivity contribution is 8.00. The Bertz CT molecular complexity index is 1260. The molecule has 11 nitrogen and oxygen atoms in total. The van der Waals surface area contributed by atoms with Crippen LogP contribution in [0.2, 0.25) is 0 Å². The number of benzene rings is 2. The van der Waals surface area contributed by atoms with Crippen molar-refractivity contribution >= 4 is 35.0 Å². The van der Waals surface area contributed by atoms with Crippen molar-refractivity contribution in [1.82, 2.24) is 20.1 Å². The Kier molecular flexibility index (Phi) is 8.64. The fraction of sp³-hybridized carbons (Fsp3) is 0.333. The summed E-state index contributed by atoms with van der Waals surface area (Å²) in [5.74, 6) is 0.636. The van der Waals surface area contributed by atoms with Crippen LogP contribution in [0, 0.1) is 17.0 Å². The number of methoxy groups -OCH3 is 1. The molecule has 12 heteroatoms. The topological polar surface area (TPSA) is 141 Å². The maximum atomic E-state index is 12.8. The normalized spacial score (nSPS) is 12.5. The highest BCUT2D eigenvalue weighted by Crippen LogP contribution is 2.27. The third kappa shape index (κ3) is 6.19. The summed E-state index contributed by atoms with van der Waals surface area (Å²) in [6.07, 6.45) is 0. The molecule has 0 saturated carbocycles. The van der Waals surface area contributed by atoms with Crippen molar-refractivity contribution in [2.24, 2.45) is 0 Å². The summed E-state index contributed by atoms with van der Waals surface area (Å²) in [6, 6.07) is 10.7. The van der Waals surface area contributed by atoms with Crippen LogP contribution in [0.1, 0.15) is 48.6 Å². The van der Waals surface area contributed by atoms with Gasteiger partial charge in [-0.3, -0.25) is 19.7 Å². The summed E-state index contributed by atoms with van der Waals surface area (Å²) in [4.78, 5) is 36.0. The predicted molar refractivity (Wildman–Crippen MR) is 136 cm³/mol. The highest BCUT2D eigenvalue weighted by Gasteiger charge is 2.24. The van der Waals surface area contributed by atoms with Crippen LogP contribution in [0.3, 0.4) is 0 Å². The van der Waals surface area contributed by atoms with Gasteiger partial charge in [0.25, 0.3) is 11.6 Å². The first kappa shape index (κ1) is 26.7. The summed E-state index contributed by atoms with van der Waals surface area (Å²) in [5.41, 5.74) is 1.49. The number of nitro groups is 1. The van der Waals surface area contributed by atoms with Crippen LogP contribution in [-0.4, -0.2) is 43.9 Å². The standard InChI is InChI=1S/C24H28N6O5S/c1-6-29-21(15(3)25-23(32)17-8-11-19(35-5)12-9-17)27-28-24(29)36-16(4)22(31)26-20-13-18(30(33)34)10-7-14(20)2/h7-13,15-16H,6H2,1-5H3,(H,25,32)(H,26,31). The quantitative estimate of drug-likeness (QED) is 0.235. The molecule has 2 atom stereocenters. The molecule has 0 aliphatic rings. The molecule has 0 radical (unpaired) electrons. The van der Waals surface area contributed by atoms with Gasteiger partial charge >= 0.3 is 0 Å². The zero-order valence-electron chi connectivity index (χ0n) is 20.6. The Morgan fingerprint density at radius 3 is 2.47 bits per heavy atom. The minimum atomic E-state index is -0.560. The van der Waals surface area contributed by atoms with Gasteiger partial charge in [0, 0.05) is 24.2 Å². The van der Waals surface area contributed by atoms with Crippen LogP contribution in [0.4, 0.5) is 11.4 Å². The van der Waals surface area contributed by atoms with E-state index in [4.69, 9.17) is 4.74 Å². The third-order valence-corrected chi connectivity index (χ3v) is 6.57. The van der Waals surface area contributed by atoms with E-state index in [-0.39, 0.29) is 17.5 Å². The number of carbonyl (C=O) groups excluding carboxylic acids is 2. The molecule has 2 unspecified atom stereocenters. The smallest absolute Gasteiger partial charge is 0.271 e. The van der Waals surface area contributed by atoms with E-state index in [0.29, 0.717) is 40.1 Å². The van der Waals surface area contributed by atoms with Gasteiger partial charge in [-0.2, -0.15) is 0 Å². The van der Waals surface area contributed by atoms with Gasteiger partial charge in [-0.1, -0.05) is 17.8 Å². The fourth-order valence-corrected chi connectivity index (χ4v) is 4.32. The van der Waals surface area contributed by atoms with Gasteiger partial charge in [-0.15, -0.1) is 10.2 Å². The average molecular weight is 513 g/mol. The van der Waals surface area contributed by atoms with Crippen LogP contribution in [0.15, 0.2) is 47.6 Å². The molecular weight excluding hydrogens is 484 g/mol. The molecule has 2 aromatic carbocycles. The molecule has 3 aromatic rings. The van der Waals surface area contributed by atoms with Crippen LogP contribution in [0.25, 0.3) is 0 Å². The molecule has 0 saturated heterocycles. The fourth-order valence-electron chi connectivity index (χ4n) is 3.40. The monoisotopic (exact) mass is 512 g/mol. The molecular formula is C24H28N6O5S. The number of anilines is 1. The largest absolute Gasteiger partial charge is 0.497 e. The molecule has 0 spiro atoms. The summed E-state index contributed by atoms with van der Waals surface area (Å²) < 4.78 is 6.96. The van der Waals surface area contributed by atoms with Gasteiger partial charge in [0.05, 0.1) is 29.0 Å². The number of ether oxygens (including phenoxy) is 1. The van der Waals surface area contributed by atoms with Crippen molar-refractivity contribution in [3.8, 4) is 5.75 Å². The van der Waals surface area contributed by atoms with Crippen molar-refractivity contribution < 1.29 is 19.2 Å².